The molecule has 0 saturated carbocycles. The molecule has 45 heavy (non-hydrogen) atoms. The lowest BCUT2D eigenvalue weighted by Gasteiger charge is -2.20. The zero-order chi connectivity index (χ0) is 32.3. The molecule has 5 aromatic carbocycles. The molecule has 2 N–H and O–H groups in total. The molecule has 228 valence electrons. The van der Waals surface area contributed by atoms with E-state index >= 15 is 0 Å². The first kappa shape index (κ1) is 31.5. The van der Waals surface area contributed by atoms with Crippen LogP contribution in [0.25, 0.3) is 22.3 Å². The summed E-state index contributed by atoms with van der Waals surface area (Å²) in [5.74, 6) is -1.56. The van der Waals surface area contributed by atoms with Gasteiger partial charge in [0, 0.05) is 5.69 Å². The van der Waals surface area contributed by atoms with E-state index in [0.717, 1.165) is 33.5 Å². The Morgan fingerprint density at radius 3 is 1.71 bits per heavy atom. The maximum Gasteiger partial charge on any atom is 0.335 e. The molecule has 0 fully saturated rings. The molecule has 0 aliphatic heterocycles. The number of carbonyl (C=O) groups is 2. The van der Waals surface area contributed by atoms with Crippen LogP contribution in [0, 0.1) is 20.8 Å². The average molecular weight is 596 g/mol. The quantitative estimate of drug-likeness (QED) is 0.188. The van der Waals surface area contributed by atoms with Gasteiger partial charge in [-0.1, -0.05) is 111 Å². The monoisotopic (exact) mass is 595 g/mol. The van der Waals surface area contributed by atoms with E-state index in [9.17, 15) is 14.7 Å². The van der Waals surface area contributed by atoms with Gasteiger partial charge in [0.2, 0.25) is 5.91 Å². The van der Waals surface area contributed by atoms with E-state index in [1.807, 2.05) is 24.3 Å². The smallest absolute Gasteiger partial charge is 0.335 e. The van der Waals surface area contributed by atoms with Gasteiger partial charge in [0.25, 0.3) is 0 Å². The molecule has 1 amide bonds. The Bertz CT molecular complexity index is 1790. The van der Waals surface area contributed by atoms with Gasteiger partial charge in [0.05, 0.1) is 11.5 Å². The van der Waals surface area contributed by atoms with Crippen molar-refractivity contribution in [2.75, 3.05) is 5.32 Å². The van der Waals surface area contributed by atoms with Crippen LogP contribution in [0.15, 0.2) is 109 Å². The zero-order valence-electron chi connectivity index (χ0n) is 26.9. The predicted molar refractivity (Wildman–Crippen MR) is 185 cm³/mol. The van der Waals surface area contributed by atoms with E-state index in [1.165, 1.54) is 27.8 Å². The van der Waals surface area contributed by atoms with E-state index in [0.29, 0.717) is 6.42 Å². The Balaban J connectivity index is 1.40. The number of anilines is 1. The number of aromatic carboxylic acids is 1. The van der Waals surface area contributed by atoms with Crippen molar-refractivity contribution in [2.24, 2.45) is 0 Å². The van der Waals surface area contributed by atoms with E-state index in [-0.39, 0.29) is 16.9 Å². The second kappa shape index (κ2) is 13.0. The molecule has 0 aromatic heterocycles. The molecule has 0 bridgehead atoms. The third-order valence-corrected chi connectivity index (χ3v) is 8.47. The number of nitrogens with one attached hydrogen (secondary N) is 1. The number of benzene rings is 5. The number of rotatable bonds is 8. The Labute approximate surface area is 266 Å². The first-order chi connectivity index (χ1) is 21.4. The Kier molecular flexibility index (Phi) is 9.06. The first-order valence-corrected chi connectivity index (χ1v) is 15.4. The van der Waals surface area contributed by atoms with Crippen LogP contribution in [-0.2, 0) is 16.6 Å². The fraction of sp³-hybridized carbons (Fsp3) is 0.220. The maximum atomic E-state index is 13.9. The van der Waals surface area contributed by atoms with Gasteiger partial charge in [-0.25, -0.2) is 4.79 Å². The van der Waals surface area contributed by atoms with Crippen LogP contribution in [0.2, 0.25) is 0 Å². The number of aryl methyl sites for hydroxylation is 3. The minimum Gasteiger partial charge on any atom is -0.478 e. The Hall–Kier alpha value is -4.96. The summed E-state index contributed by atoms with van der Waals surface area (Å²) < 4.78 is 0. The van der Waals surface area contributed by atoms with Gasteiger partial charge in [0.15, 0.2) is 0 Å². The third-order valence-electron chi connectivity index (χ3n) is 8.47. The third kappa shape index (κ3) is 7.41. The van der Waals surface area contributed by atoms with Crippen LogP contribution in [0.1, 0.15) is 70.4 Å². The number of carboxylic acids is 1. The van der Waals surface area contributed by atoms with Crippen LogP contribution >= 0.6 is 0 Å². The standard InChI is InChI=1S/C41H41NO3/c1-26-23-27(2)38(28(3)24-26)33-17-21-36(22-18-33)42-39(43)37(25-29-7-9-34(10-8-29)40(44)45)32-13-11-30(12-14-32)31-15-19-35(20-16-31)41(4,5)6/h7-24,37H,25H2,1-6H3,(H,42,43)(H,44,45). The minimum absolute atomic E-state index is 0.0878. The highest BCUT2D eigenvalue weighted by Crippen LogP contribution is 2.31. The summed E-state index contributed by atoms with van der Waals surface area (Å²) in [7, 11) is 0. The van der Waals surface area contributed by atoms with Crippen LogP contribution < -0.4 is 5.32 Å². The van der Waals surface area contributed by atoms with Gasteiger partial charge in [-0.3, -0.25) is 4.79 Å². The first-order valence-electron chi connectivity index (χ1n) is 15.4. The average Bonchev–Trinajstić information content (AvgIpc) is 3.00. The number of amides is 1. The number of carbonyl (C=O) groups excluding carboxylic acids is 1. The molecule has 1 atom stereocenters. The summed E-state index contributed by atoms with van der Waals surface area (Å²) >= 11 is 0. The molecule has 0 radical (unpaired) electrons. The van der Waals surface area contributed by atoms with Crippen molar-refractivity contribution in [1.29, 1.82) is 0 Å². The summed E-state index contributed by atoms with van der Waals surface area (Å²) in [6, 6.07) is 36.0. The molecule has 4 heteroatoms. The van der Waals surface area contributed by atoms with Gasteiger partial charge in [0.1, 0.15) is 0 Å². The lowest BCUT2D eigenvalue weighted by molar-refractivity contribution is -0.117. The number of carboxylic acid groups (broad SMARTS) is 1. The van der Waals surface area contributed by atoms with Crippen molar-refractivity contribution in [3.63, 3.8) is 0 Å². The summed E-state index contributed by atoms with van der Waals surface area (Å²) in [6.07, 6.45) is 0.436. The predicted octanol–water partition coefficient (Wildman–Crippen LogP) is 9.91. The number of hydrogen-bond acceptors (Lipinski definition) is 2. The van der Waals surface area contributed by atoms with Crippen molar-refractivity contribution in [2.45, 2.75) is 59.3 Å². The van der Waals surface area contributed by atoms with Gasteiger partial charge < -0.3 is 10.4 Å². The summed E-state index contributed by atoms with van der Waals surface area (Å²) in [4.78, 5) is 25.3. The lowest BCUT2D eigenvalue weighted by Crippen LogP contribution is -2.23. The molecule has 1 unspecified atom stereocenters. The maximum absolute atomic E-state index is 13.9. The lowest BCUT2D eigenvalue weighted by atomic mass is 9.86. The van der Waals surface area contributed by atoms with Gasteiger partial charge in [-0.05, 0) is 107 Å². The van der Waals surface area contributed by atoms with Crippen LogP contribution in [0.4, 0.5) is 5.69 Å². The van der Waals surface area contributed by atoms with E-state index in [1.54, 1.807) is 24.3 Å². The highest BCUT2D eigenvalue weighted by Gasteiger charge is 2.22. The van der Waals surface area contributed by atoms with E-state index < -0.39 is 11.9 Å². The minimum atomic E-state index is -0.971. The van der Waals surface area contributed by atoms with Crippen LogP contribution in [-0.4, -0.2) is 17.0 Å². The van der Waals surface area contributed by atoms with Crippen LogP contribution in [0.5, 0.6) is 0 Å². The fourth-order valence-corrected chi connectivity index (χ4v) is 6.04. The molecule has 5 rings (SSSR count). The molecule has 5 aromatic rings. The topological polar surface area (TPSA) is 66.4 Å². The molecule has 0 aliphatic rings. The SMILES string of the molecule is Cc1cc(C)c(-c2ccc(NC(=O)C(Cc3ccc(C(=O)O)cc3)c3ccc(-c4ccc(C(C)(C)C)cc4)cc3)cc2)c(C)c1. The summed E-state index contributed by atoms with van der Waals surface area (Å²) in [5, 5.41) is 12.5. The molecular weight excluding hydrogens is 554 g/mol. The van der Waals surface area contributed by atoms with Gasteiger partial charge in [-0.15, -0.1) is 0 Å². The summed E-state index contributed by atoms with van der Waals surface area (Å²) in [5.41, 5.74) is 12.4. The molecule has 0 saturated heterocycles. The molecule has 0 spiro atoms. The van der Waals surface area contributed by atoms with Crippen molar-refractivity contribution < 1.29 is 14.7 Å². The Morgan fingerprint density at radius 2 is 1.20 bits per heavy atom. The summed E-state index contributed by atoms with van der Waals surface area (Å²) in [6.45, 7) is 13.0. The fourth-order valence-electron chi connectivity index (χ4n) is 6.04. The molecule has 4 nitrogen and oxygen atoms in total. The normalized spacial score (nSPS) is 12.0. The highest BCUT2D eigenvalue weighted by atomic mass is 16.4. The second-order valence-corrected chi connectivity index (χ2v) is 13.0. The second-order valence-electron chi connectivity index (χ2n) is 13.0. The van der Waals surface area contributed by atoms with E-state index in [2.05, 4.69) is 108 Å². The van der Waals surface area contributed by atoms with Crippen molar-refractivity contribution >= 4 is 17.6 Å². The van der Waals surface area contributed by atoms with Crippen molar-refractivity contribution in [3.05, 3.63) is 148 Å². The van der Waals surface area contributed by atoms with Gasteiger partial charge >= 0.3 is 5.97 Å². The highest BCUT2D eigenvalue weighted by molar-refractivity contribution is 5.96. The Morgan fingerprint density at radius 1 is 0.689 bits per heavy atom. The van der Waals surface area contributed by atoms with Crippen molar-refractivity contribution in [1.82, 2.24) is 0 Å². The molecule has 0 heterocycles. The largest absolute Gasteiger partial charge is 0.478 e. The zero-order valence-corrected chi connectivity index (χ0v) is 26.9. The van der Waals surface area contributed by atoms with Crippen molar-refractivity contribution in [3.8, 4) is 22.3 Å². The van der Waals surface area contributed by atoms with Crippen LogP contribution in [0.3, 0.4) is 0 Å². The van der Waals surface area contributed by atoms with E-state index in [4.69, 9.17) is 0 Å². The van der Waals surface area contributed by atoms with Gasteiger partial charge in [-0.2, -0.15) is 0 Å². The molecular formula is C41H41NO3. The number of hydrogen-bond donors (Lipinski definition) is 2. The molecule has 0 aliphatic carbocycles.